The van der Waals surface area contributed by atoms with Crippen molar-refractivity contribution in [1.29, 1.82) is 0 Å². The summed E-state index contributed by atoms with van der Waals surface area (Å²) in [5.74, 6) is -2.26. The van der Waals surface area contributed by atoms with E-state index in [4.69, 9.17) is 18.9 Å². The number of likely N-dealkylation sites (N-methyl/N-ethyl adjacent to an activating group) is 1. The summed E-state index contributed by atoms with van der Waals surface area (Å²) in [5, 5.41) is 11.7. The Hall–Kier alpha value is -1.97. The van der Waals surface area contributed by atoms with E-state index >= 15 is 0 Å². The Morgan fingerprint density at radius 3 is 1.16 bits per heavy atom. The van der Waals surface area contributed by atoms with Crippen molar-refractivity contribution in [3.05, 3.63) is 12.2 Å². The number of carbonyl (C=O) groups is 3. The Kier molecular flexibility index (Phi) is 46.1. The van der Waals surface area contributed by atoms with Crippen LogP contribution in [0.15, 0.2) is 12.2 Å². The smallest absolute Gasteiger partial charge is 0.306 e. The number of carboxylic acids is 1. The molecule has 0 aromatic heterocycles. The van der Waals surface area contributed by atoms with Gasteiger partial charge >= 0.3 is 11.9 Å². The SMILES string of the molecule is CCCCCCCCCC/C=C\CCCCCCCCCCCCCCCCCC(=O)OC(COC(=O)CCCCCCCCCCCCCC)COC(OCC[N+](C)(C)C)C(=O)[O-]. The molecule has 9 nitrogen and oxygen atoms in total. The largest absolute Gasteiger partial charge is 0.545 e. The minimum Gasteiger partial charge on any atom is -0.545 e. The van der Waals surface area contributed by atoms with Crippen LogP contribution in [-0.2, 0) is 33.3 Å². The fourth-order valence-corrected chi connectivity index (χ4v) is 8.00. The number of quaternary nitrogens is 1. The van der Waals surface area contributed by atoms with E-state index in [1.807, 2.05) is 21.1 Å². The molecule has 0 N–H and O–H groups in total. The molecule has 0 heterocycles. The van der Waals surface area contributed by atoms with E-state index in [2.05, 4.69) is 26.0 Å². The summed E-state index contributed by atoms with van der Waals surface area (Å²) < 4.78 is 22.6. The van der Waals surface area contributed by atoms with Gasteiger partial charge in [-0.2, -0.15) is 0 Å². The lowest BCUT2D eigenvalue weighted by molar-refractivity contribution is -0.870. The highest BCUT2D eigenvalue weighted by Crippen LogP contribution is 2.17. The molecule has 2 unspecified atom stereocenters. The van der Waals surface area contributed by atoms with Gasteiger partial charge in [-0.25, -0.2) is 0 Å². The lowest BCUT2D eigenvalue weighted by atomic mass is 10.0. The molecule has 9 heteroatoms. The second-order valence-corrected chi connectivity index (χ2v) is 19.9. The molecule has 0 amide bonds. The molecule has 0 saturated carbocycles. The number of nitrogens with zero attached hydrogens (tertiary/aromatic N) is 1. The highest BCUT2D eigenvalue weighted by atomic mass is 16.7. The van der Waals surface area contributed by atoms with Crippen molar-refractivity contribution in [1.82, 2.24) is 0 Å². The Balaban J connectivity index is 4.14. The van der Waals surface area contributed by atoms with Crippen molar-refractivity contribution in [2.24, 2.45) is 0 Å². The second kappa shape index (κ2) is 47.5. The van der Waals surface area contributed by atoms with Crippen LogP contribution in [0.1, 0.15) is 264 Å². The minimum absolute atomic E-state index is 0.152. The van der Waals surface area contributed by atoms with Gasteiger partial charge in [0.25, 0.3) is 0 Å². The molecule has 0 bridgehead atoms. The van der Waals surface area contributed by atoms with Crippen LogP contribution in [0, 0.1) is 0 Å². The topological polar surface area (TPSA) is 111 Å². The van der Waals surface area contributed by atoms with Gasteiger partial charge in [0.05, 0.1) is 40.3 Å². The van der Waals surface area contributed by atoms with Crippen LogP contribution < -0.4 is 5.11 Å². The molecule has 0 aliphatic carbocycles. The highest BCUT2D eigenvalue weighted by molar-refractivity contribution is 5.70. The first-order valence-corrected chi connectivity index (χ1v) is 27.3. The fraction of sp³-hybridized carbons (Fsp3) is 0.909. The van der Waals surface area contributed by atoms with E-state index in [1.54, 1.807) is 0 Å². The maximum Gasteiger partial charge on any atom is 0.306 e. The molecule has 0 rings (SSSR count). The first-order chi connectivity index (χ1) is 31.1. The number of hydrogen-bond donors (Lipinski definition) is 0. The predicted octanol–water partition coefficient (Wildman–Crippen LogP) is 14.1. The van der Waals surface area contributed by atoms with Crippen LogP contribution >= 0.6 is 0 Å². The molecule has 0 spiro atoms. The van der Waals surface area contributed by atoms with Crippen molar-refractivity contribution >= 4 is 17.9 Å². The third-order valence-electron chi connectivity index (χ3n) is 12.3. The van der Waals surface area contributed by atoms with Gasteiger partial charge in [0.2, 0.25) is 0 Å². The number of esters is 2. The lowest BCUT2D eigenvalue weighted by Gasteiger charge is -2.26. The van der Waals surface area contributed by atoms with Crippen molar-refractivity contribution in [3.63, 3.8) is 0 Å². The number of ether oxygens (including phenoxy) is 4. The van der Waals surface area contributed by atoms with Gasteiger partial charge in [0.1, 0.15) is 13.2 Å². The van der Waals surface area contributed by atoms with Crippen molar-refractivity contribution in [2.45, 2.75) is 277 Å². The van der Waals surface area contributed by atoms with Gasteiger partial charge in [-0.3, -0.25) is 9.59 Å². The van der Waals surface area contributed by atoms with Gasteiger partial charge in [-0.05, 0) is 38.5 Å². The number of rotatable bonds is 51. The molecule has 0 aliphatic heterocycles. The summed E-state index contributed by atoms with van der Waals surface area (Å²) in [5.41, 5.74) is 0. The second-order valence-electron chi connectivity index (χ2n) is 19.9. The van der Waals surface area contributed by atoms with Gasteiger partial charge in [0.15, 0.2) is 12.4 Å². The number of carbonyl (C=O) groups excluding carboxylic acids is 3. The van der Waals surface area contributed by atoms with E-state index < -0.39 is 24.3 Å². The quantitative estimate of drug-likeness (QED) is 0.0195. The molecule has 0 aromatic carbocycles. The maximum absolute atomic E-state index is 12.8. The number of unbranched alkanes of at least 4 members (excludes halogenated alkanes) is 34. The molecule has 0 saturated heterocycles. The maximum atomic E-state index is 12.8. The summed E-state index contributed by atoms with van der Waals surface area (Å²) in [6, 6.07) is 0. The first-order valence-electron chi connectivity index (χ1n) is 27.3. The van der Waals surface area contributed by atoms with Crippen LogP contribution in [-0.4, -0.2) is 82.3 Å². The van der Waals surface area contributed by atoms with E-state index in [0.29, 0.717) is 17.4 Å². The molecule has 378 valence electrons. The summed E-state index contributed by atoms with van der Waals surface area (Å²) in [6.07, 6.45) is 49.8. The van der Waals surface area contributed by atoms with E-state index in [0.717, 1.165) is 38.5 Å². The third-order valence-corrected chi connectivity index (χ3v) is 12.3. The zero-order chi connectivity index (χ0) is 47.0. The molecular weight excluding hydrogens is 803 g/mol. The van der Waals surface area contributed by atoms with Crippen molar-refractivity contribution in [2.75, 3.05) is 47.5 Å². The summed E-state index contributed by atoms with van der Waals surface area (Å²) in [6.45, 7) is 4.78. The summed E-state index contributed by atoms with van der Waals surface area (Å²) in [7, 11) is 5.92. The number of allylic oxidation sites excluding steroid dienone is 2. The summed E-state index contributed by atoms with van der Waals surface area (Å²) >= 11 is 0. The molecule has 0 aliphatic rings. The number of aliphatic carboxylic acids is 1. The van der Waals surface area contributed by atoms with Crippen LogP contribution in [0.25, 0.3) is 0 Å². The Morgan fingerprint density at radius 1 is 0.453 bits per heavy atom. The van der Waals surface area contributed by atoms with Crippen LogP contribution in [0.5, 0.6) is 0 Å². The Labute approximate surface area is 395 Å². The Morgan fingerprint density at radius 2 is 0.797 bits per heavy atom. The van der Waals surface area contributed by atoms with E-state index in [9.17, 15) is 19.5 Å². The van der Waals surface area contributed by atoms with E-state index in [1.165, 1.54) is 199 Å². The molecular formula is C55H105NO8. The highest BCUT2D eigenvalue weighted by Gasteiger charge is 2.22. The average Bonchev–Trinajstić information content (AvgIpc) is 3.26. The Bertz CT molecular complexity index is 1060. The van der Waals surface area contributed by atoms with Crippen molar-refractivity contribution in [3.8, 4) is 0 Å². The van der Waals surface area contributed by atoms with E-state index in [-0.39, 0.29) is 32.2 Å². The van der Waals surface area contributed by atoms with Gasteiger partial charge < -0.3 is 33.3 Å². The molecule has 0 radical (unpaired) electrons. The normalized spacial score (nSPS) is 12.8. The predicted molar refractivity (Wildman–Crippen MR) is 265 cm³/mol. The van der Waals surface area contributed by atoms with Crippen LogP contribution in [0.2, 0.25) is 0 Å². The monoisotopic (exact) mass is 908 g/mol. The van der Waals surface area contributed by atoms with Crippen molar-refractivity contribution < 1.29 is 42.9 Å². The number of hydrogen-bond acceptors (Lipinski definition) is 8. The number of carboxylic acid groups (broad SMARTS) is 1. The van der Waals surface area contributed by atoms with Gasteiger partial charge in [-0.15, -0.1) is 0 Å². The molecule has 64 heavy (non-hydrogen) atoms. The van der Waals surface area contributed by atoms with Crippen LogP contribution in [0.3, 0.4) is 0 Å². The fourth-order valence-electron chi connectivity index (χ4n) is 8.00. The van der Waals surface area contributed by atoms with Gasteiger partial charge in [0, 0.05) is 12.8 Å². The summed E-state index contributed by atoms with van der Waals surface area (Å²) in [4.78, 5) is 37.1. The zero-order valence-electron chi connectivity index (χ0n) is 42.9. The average molecular weight is 908 g/mol. The van der Waals surface area contributed by atoms with Gasteiger partial charge in [-0.1, -0.05) is 225 Å². The zero-order valence-corrected chi connectivity index (χ0v) is 42.9. The third kappa shape index (κ3) is 48.0. The molecule has 2 atom stereocenters. The lowest BCUT2D eigenvalue weighted by Crippen LogP contribution is -2.44. The molecule has 0 fully saturated rings. The standard InChI is InChI=1S/C55H105NO8/c1-6-8-10-12-14-16-18-20-21-22-23-24-25-26-27-28-29-30-31-32-33-34-36-38-40-42-44-46-53(58)64-51(50-63-55(54(59)60)61-48-47-56(3,4)5)49-62-52(57)45-43-41-39-37-35-19-17-15-13-11-9-7-2/h22-23,51,55H,6-21,24-50H2,1-5H3/b23-22-. The minimum atomic E-state index is -1.61. The molecule has 0 aromatic rings. The van der Waals surface area contributed by atoms with Crippen LogP contribution in [0.4, 0.5) is 0 Å². The first kappa shape index (κ1) is 62.0.